The van der Waals surface area contributed by atoms with E-state index in [9.17, 15) is 4.79 Å². The predicted octanol–water partition coefficient (Wildman–Crippen LogP) is 2.34. The van der Waals surface area contributed by atoms with E-state index >= 15 is 0 Å². The third-order valence-electron chi connectivity index (χ3n) is 1.72. The van der Waals surface area contributed by atoms with E-state index in [0.29, 0.717) is 0 Å². The van der Waals surface area contributed by atoms with Crippen molar-refractivity contribution in [2.24, 2.45) is 0 Å². The van der Waals surface area contributed by atoms with E-state index in [1.165, 1.54) is 6.08 Å². The zero-order chi connectivity index (χ0) is 10.6. The molecule has 70 valence electrons. The van der Waals surface area contributed by atoms with Crippen LogP contribution >= 0.6 is 0 Å². The fraction of sp³-hybridized carbons (Fsp3) is 0.0909. The maximum atomic E-state index is 10.5. The summed E-state index contributed by atoms with van der Waals surface area (Å²) in [5.74, 6) is -1.19. The number of hydrogen-bond acceptors (Lipinski definition) is 1. The molecule has 1 aromatic carbocycles. The molecule has 0 aliphatic carbocycles. The number of carboxylic acids is 1. The molecule has 0 radical (unpaired) electrons. The standard InChI is InChI=1S/C11H9NO2/c1-8-3-5-9(6-4-8)7-10(12-2)11(13)14/h3-7H,1H3,(H,13,14). The van der Waals surface area contributed by atoms with Gasteiger partial charge in [0.15, 0.2) is 0 Å². The lowest BCUT2D eigenvalue weighted by atomic mass is 10.1. The summed E-state index contributed by atoms with van der Waals surface area (Å²) < 4.78 is 0. The molecule has 0 fully saturated rings. The second-order valence-electron chi connectivity index (χ2n) is 2.86. The van der Waals surface area contributed by atoms with Gasteiger partial charge in [0.05, 0.1) is 6.57 Å². The van der Waals surface area contributed by atoms with Crippen LogP contribution in [-0.2, 0) is 4.79 Å². The number of aryl methyl sites for hydroxylation is 1. The summed E-state index contributed by atoms with van der Waals surface area (Å²) in [5, 5.41) is 8.61. The van der Waals surface area contributed by atoms with Crippen LogP contribution in [0, 0.1) is 13.5 Å². The van der Waals surface area contributed by atoms with E-state index < -0.39 is 5.97 Å². The first-order valence-electron chi connectivity index (χ1n) is 4.02. The summed E-state index contributed by atoms with van der Waals surface area (Å²) in [4.78, 5) is 13.4. The van der Waals surface area contributed by atoms with Crippen LogP contribution in [-0.4, -0.2) is 11.1 Å². The van der Waals surface area contributed by atoms with Gasteiger partial charge in [0.25, 0.3) is 5.70 Å². The Hall–Kier alpha value is -2.08. The van der Waals surface area contributed by atoms with Gasteiger partial charge in [-0.25, -0.2) is 4.85 Å². The normalized spacial score (nSPS) is 10.7. The maximum absolute atomic E-state index is 10.5. The number of hydrogen-bond donors (Lipinski definition) is 1. The number of carbonyl (C=O) groups is 1. The average Bonchev–Trinajstić information content (AvgIpc) is 2.16. The molecule has 1 N–H and O–H groups in total. The highest BCUT2D eigenvalue weighted by Gasteiger charge is 2.05. The maximum Gasteiger partial charge on any atom is 0.333 e. The molecule has 14 heavy (non-hydrogen) atoms. The summed E-state index contributed by atoms with van der Waals surface area (Å²) in [5.41, 5.74) is 1.56. The van der Waals surface area contributed by atoms with Gasteiger partial charge in [-0.2, -0.15) is 0 Å². The molecule has 0 heterocycles. The van der Waals surface area contributed by atoms with Gasteiger partial charge >= 0.3 is 5.97 Å². The molecule has 1 aromatic rings. The smallest absolute Gasteiger partial charge is 0.333 e. The lowest BCUT2D eigenvalue weighted by molar-refractivity contribution is -0.132. The number of benzene rings is 1. The largest absolute Gasteiger partial charge is 0.486 e. The molecule has 0 amide bonds. The van der Waals surface area contributed by atoms with E-state index in [1.54, 1.807) is 12.1 Å². The molecule has 1 rings (SSSR count). The minimum absolute atomic E-state index is 0.270. The van der Waals surface area contributed by atoms with Crippen LogP contribution in [0.3, 0.4) is 0 Å². The highest BCUT2D eigenvalue weighted by molar-refractivity contribution is 5.94. The van der Waals surface area contributed by atoms with Crippen LogP contribution in [0.1, 0.15) is 11.1 Å². The Bertz CT molecular complexity index is 410. The first-order chi connectivity index (χ1) is 6.63. The Balaban J connectivity index is 3.03. The molecule has 0 atom stereocenters. The van der Waals surface area contributed by atoms with Crippen LogP contribution in [0.15, 0.2) is 30.0 Å². The summed E-state index contributed by atoms with van der Waals surface area (Å²) in [6, 6.07) is 7.30. The predicted molar refractivity (Wildman–Crippen MR) is 53.4 cm³/mol. The molecule has 0 aliphatic heterocycles. The highest BCUT2D eigenvalue weighted by Crippen LogP contribution is 2.09. The third kappa shape index (κ3) is 2.46. The SMILES string of the molecule is [C-]#[N+]C(=Cc1ccc(C)cc1)C(=O)O. The van der Waals surface area contributed by atoms with Crippen molar-refractivity contribution in [1.29, 1.82) is 0 Å². The van der Waals surface area contributed by atoms with Crippen molar-refractivity contribution in [2.45, 2.75) is 6.92 Å². The van der Waals surface area contributed by atoms with Crippen molar-refractivity contribution in [2.75, 3.05) is 0 Å². The fourth-order valence-corrected chi connectivity index (χ4v) is 0.962. The Kier molecular flexibility index (Phi) is 3.03. The van der Waals surface area contributed by atoms with Crippen molar-refractivity contribution in [3.8, 4) is 0 Å². The van der Waals surface area contributed by atoms with E-state index in [1.807, 2.05) is 19.1 Å². The van der Waals surface area contributed by atoms with Gasteiger partial charge in [-0.3, -0.25) is 4.79 Å². The van der Waals surface area contributed by atoms with Crippen molar-refractivity contribution in [3.63, 3.8) is 0 Å². The summed E-state index contributed by atoms with van der Waals surface area (Å²) in [7, 11) is 0. The number of carboxylic acid groups (broad SMARTS) is 1. The fourth-order valence-electron chi connectivity index (χ4n) is 0.962. The summed E-state index contributed by atoms with van der Waals surface area (Å²) in [6.07, 6.45) is 1.36. The first-order valence-corrected chi connectivity index (χ1v) is 4.02. The second-order valence-corrected chi connectivity index (χ2v) is 2.86. The van der Waals surface area contributed by atoms with Gasteiger partial charge < -0.3 is 5.11 Å². The lowest BCUT2D eigenvalue weighted by Gasteiger charge is -1.95. The van der Waals surface area contributed by atoms with Gasteiger partial charge in [0.2, 0.25) is 0 Å². The van der Waals surface area contributed by atoms with Crippen molar-refractivity contribution in [1.82, 2.24) is 0 Å². The molecule has 0 unspecified atom stereocenters. The van der Waals surface area contributed by atoms with Gasteiger partial charge in [-0.15, -0.1) is 0 Å². The Morgan fingerprint density at radius 2 is 2.00 bits per heavy atom. The van der Waals surface area contributed by atoms with Gasteiger partial charge in [0.1, 0.15) is 0 Å². The average molecular weight is 187 g/mol. The van der Waals surface area contributed by atoms with E-state index in [2.05, 4.69) is 4.85 Å². The third-order valence-corrected chi connectivity index (χ3v) is 1.72. The van der Waals surface area contributed by atoms with Crippen LogP contribution < -0.4 is 0 Å². The molecular weight excluding hydrogens is 178 g/mol. The molecule has 0 saturated heterocycles. The molecule has 3 nitrogen and oxygen atoms in total. The first kappa shape index (κ1) is 10.0. The molecule has 3 heteroatoms. The van der Waals surface area contributed by atoms with Crippen molar-refractivity contribution < 1.29 is 9.90 Å². The van der Waals surface area contributed by atoms with E-state index in [4.69, 9.17) is 11.7 Å². The molecule has 0 bridgehead atoms. The summed E-state index contributed by atoms with van der Waals surface area (Å²) >= 11 is 0. The number of aliphatic carboxylic acids is 1. The monoisotopic (exact) mass is 187 g/mol. The lowest BCUT2D eigenvalue weighted by Crippen LogP contribution is -1.95. The molecular formula is C11H9NO2. The molecule has 0 spiro atoms. The molecule has 0 aliphatic rings. The summed E-state index contributed by atoms with van der Waals surface area (Å²) in [6.45, 7) is 8.60. The van der Waals surface area contributed by atoms with E-state index in [-0.39, 0.29) is 5.70 Å². The quantitative estimate of drug-likeness (QED) is 0.570. The van der Waals surface area contributed by atoms with Crippen molar-refractivity contribution >= 4 is 12.0 Å². The zero-order valence-electron chi connectivity index (χ0n) is 7.69. The van der Waals surface area contributed by atoms with Gasteiger partial charge in [0, 0.05) is 0 Å². The minimum atomic E-state index is -1.19. The molecule has 0 aromatic heterocycles. The molecule has 0 saturated carbocycles. The minimum Gasteiger partial charge on any atom is -0.486 e. The van der Waals surface area contributed by atoms with Crippen LogP contribution in [0.2, 0.25) is 0 Å². The zero-order valence-corrected chi connectivity index (χ0v) is 7.69. The Morgan fingerprint density at radius 3 is 2.43 bits per heavy atom. The van der Waals surface area contributed by atoms with Crippen LogP contribution in [0.25, 0.3) is 10.9 Å². The van der Waals surface area contributed by atoms with Crippen LogP contribution in [0.4, 0.5) is 0 Å². The van der Waals surface area contributed by atoms with Crippen molar-refractivity contribution in [3.05, 3.63) is 52.5 Å². The number of rotatable bonds is 2. The Labute approximate surface area is 82.1 Å². The Morgan fingerprint density at radius 1 is 1.43 bits per heavy atom. The second kappa shape index (κ2) is 4.24. The van der Waals surface area contributed by atoms with Gasteiger partial charge in [-0.05, 0) is 18.6 Å². The number of nitrogens with zero attached hydrogens (tertiary/aromatic N) is 1. The van der Waals surface area contributed by atoms with E-state index in [0.717, 1.165) is 11.1 Å². The highest BCUT2D eigenvalue weighted by atomic mass is 16.4. The van der Waals surface area contributed by atoms with Crippen LogP contribution in [0.5, 0.6) is 0 Å². The van der Waals surface area contributed by atoms with Gasteiger partial charge in [-0.1, -0.05) is 29.8 Å². The topological polar surface area (TPSA) is 41.7 Å².